The van der Waals surface area contributed by atoms with Crippen molar-refractivity contribution < 1.29 is 9.50 Å². The zero-order valence-electron chi connectivity index (χ0n) is 10.9. The molecule has 94 valence electrons. The van der Waals surface area contributed by atoms with Gasteiger partial charge in [0.15, 0.2) is 0 Å². The average molecular weight is 244 g/mol. The first-order chi connectivity index (χ1) is 8.49. The van der Waals surface area contributed by atoms with Crippen LogP contribution in [0, 0.1) is 26.6 Å². The van der Waals surface area contributed by atoms with Crippen molar-refractivity contribution in [2.75, 3.05) is 0 Å². The monoisotopic (exact) mass is 244 g/mol. The molecule has 1 nitrogen and oxygen atoms in total. The van der Waals surface area contributed by atoms with Gasteiger partial charge >= 0.3 is 0 Å². The molecule has 0 aliphatic rings. The Hall–Kier alpha value is -1.67. The van der Waals surface area contributed by atoms with Gasteiger partial charge in [-0.15, -0.1) is 0 Å². The van der Waals surface area contributed by atoms with Crippen LogP contribution in [0.5, 0.6) is 0 Å². The smallest absolute Gasteiger partial charge is 0.123 e. The van der Waals surface area contributed by atoms with Gasteiger partial charge in [0.25, 0.3) is 0 Å². The molecule has 2 rings (SSSR count). The number of aryl methyl sites for hydroxylation is 3. The Morgan fingerprint density at radius 1 is 0.889 bits per heavy atom. The predicted octanol–water partition coefficient (Wildman–Crippen LogP) is 3.83. The van der Waals surface area contributed by atoms with Crippen molar-refractivity contribution in [1.29, 1.82) is 0 Å². The van der Waals surface area contributed by atoms with E-state index in [1.807, 2.05) is 39.0 Å². The second kappa shape index (κ2) is 4.91. The van der Waals surface area contributed by atoms with Crippen LogP contribution < -0.4 is 0 Å². The molecule has 0 aromatic heterocycles. The van der Waals surface area contributed by atoms with E-state index in [-0.39, 0.29) is 5.82 Å². The number of hydrogen-bond acceptors (Lipinski definition) is 1. The van der Waals surface area contributed by atoms with E-state index in [1.165, 1.54) is 17.7 Å². The second-order valence-corrected chi connectivity index (χ2v) is 4.75. The lowest BCUT2D eigenvalue weighted by Gasteiger charge is -2.15. The molecule has 0 amide bonds. The molecular weight excluding hydrogens is 227 g/mol. The van der Waals surface area contributed by atoms with Gasteiger partial charge in [-0.2, -0.15) is 0 Å². The van der Waals surface area contributed by atoms with E-state index in [0.717, 1.165) is 16.7 Å². The Bertz CT molecular complexity index is 575. The lowest BCUT2D eigenvalue weighted by Crippen LogP contribution is -2.03. The highest BCUT2D eigenvalue weighted by Gasteiger charge is 2.14. The summed E-state index contributed by atoms with van der Waals surface area (Å²) in [7, 11) is 0. The number of aliphatic hydroxyl groups is 1. The molecule has 0 fully saturated rings. The minimum atomic E-state index is -0.778. The minimum absolute atomic E-state index is 0.321. The Kier molecular flexibility index (Phi) is 3.48. The second-order valence-electron chi connectivity index (χ2n) is 4.75. The van der Waals surface area contributed by atoms with E-state index >= 15 is 0 Å². The van der Waals surface area contributed by atoms with Crippen LogP contribution >= 0.6 is 0 Å². The van der Waals surface area contributed by atoms with E-state index in [9.17, 15) is 9.50 Å². The Balaban J connectivity index is 2.44. The van der Waals surface area contributed by atoms with Crippen LogP contribution in [0.2, 0.25) is 0 Å². The first kappa shape index (κ1) is 12.8. The van der Waals surface area contributed by atoms with Crippen LogP contribution in [0.25, 0.3) is 0 Å². The van der Waals surface area contributed by atoms with Crippen LogP contribution in [0.1, 0.15) is 33.9 Å². The van der Waals surface area contributed by atoms with Crippen molar-refractivity contribution in [3.05, 3.63) is 70.0 Å². The maximum absolute atomic E-state index is 13.3. The molecule has 0 radical (unpaired) electrons. The summed E-state index contributed by atoms with van der Waals surface area (Å²) in [4.78, 5) is 0. The van der Waals surface area contributed by atoms with Gasteiger partial charge in [-0.3, -0.25) is 0 Å². The molecule has 0 heterocycles. The summed E-state index contributed by atoms with van der Waals surface area (Å²) >= 11 is 0. The van der Waals surface area contributed by atoms with Gasteiger partial charge < -0.3 is 5.11 Å². The van der Waals surface area contributed by atoms with E-state index in [4.69, 9.17) is 0 Å². The molecule has 0 saturated carbocycles. The van der Waals surface area contributed by atoms with E-state index in [2.05, 4.69) is 0 Å². The van der Waals surface area contributed by atoms with Crippen LogP contribution in [0.4, 0.5) is 4.39 Å². The molecule has 1 unspecified atom stereocenters. The number of rotatable bonds is 2. The third kappa shape index (κ3) is 2.44. The van der Waals surface area contributed by atoms with Gasteiger partial charge in [0.1, 0.15) is 11.9 Å². The number of halogens is 1. The van der Waals surface area contributed by atoms with Crippen molar-refractivity contribution in [2.45, 2.75) is 26.9 Å². The molecule has 1 N–H and O–H groups in total. The van der Waals surface area contributed by atoms with Gasteiger partial charge in [-0.1, -0.05) is 24.3 Å². The quantitative estimate of drug-likeness (QED) is 0.851. The molecule has 0 bridgehead atoms. The van der Waals surface area contributed by atoms with Crippen molar-refractivity contribution in [2.24, 2.45) is 0 Å². The fourth-order valence-electron chi connectivity index (χ4n) is 2.02. The van der Waals surface area contributed by atoms with Crippen LogP contribution in [-0.2, 0) is 0 Å². The molecule has 0 spiro atoms. The third-order valence-electron chi connectivity index (χ3n) is 3.38. The van der Waals surface area contributed by atoms with Crippen molar-refractivity contribution in [3.8, 4) is 0 Å². The molecule has 0 saturated heterocycles. The van der Waals surface area contributed by atoms with Gasteiger partial charge in [0.2, 0.25) is 0 Å². The zero-order valence-corrected chi connectivity index (χ0v) is 10.9. The highest BCUT2D eigenvalue weighted by atomic mass is 19.1. The van der Waals surface area contributed by atoms with E-state index < -0.39 is 6.10 Å². The lowest BCUT2D eigenvalue weighted by molar-refractivity contribution is 0.219. The summed E-state index contributed by atoms with van der Waals surface area (Å²) in [6.45, 7) is 5.90. The predicted molar refractivity (Wildman–Crippen MR) is 71.1 cm³/mol. The topological polar surface area (TPSA) is 20.2 Å². The first-order valence-electron chi connectivity index (χ1n) is 6.00. The molecule has 0 aliphatic carbocycles. The minimum Gasteiger partial charge on any atom is -0.384 e. The Morgan fingerprint density at radius 3 is 2.22 bits per heavy atom. The van der Waals surface area contributed by atoms with E-state index in [1.54, 1.807) is 6.07 Å². The Morgan fingerprint density at radius 2 is 1.56 bits per heavy atom. The summed E-state index contributed by atoms with van der Waals surface area (Å²) in [5.41, 5.74) is 4.62. The highest BCUT2D eigenvalue weighted by Crippen LogP contribution is 2.26. The van der Waals surface area contributed by atoms with Gasteiger partial charge in [0, 0.05) is 0 Å². The number of hydrogen-bond donors (Lipinski definition) is 1. The number of aliphatic hydroxyl groups excluding tert-OH is 1. The molecule has 18 heavy (non-hydrogen) atoms. The fourth-order valence-corrected chi connectivity index (χ4v) is 2.02. The average Bonchev–Trinajstić information content (AvgIpc) is 2.35. The molecule has 2 heteroatoms. The summed E-state index contributed by atoms with van der Waals surface area (Å²) < 4.78 is 13.3. The zero-order chi connectivity index (χ0) is 13.3. The third-order valence-corrected chi connectivity index (χ3v) is 3.38. The fraction of sp³-hybridized carbons (Fsp3) is 0.250. The summed E-state index contributed by atoms with van der Waals surface area (Å²) in [6.07, 6.45) is -0.778. The lowest BCUT2D eigenvalue weighted by atomic mass is 9.95. The molecule has 2 aromatic rings. The number of benzene rings is 2. The molecular formula is C16H17FO. The van der Waals surface area contributed by atoms with Gasteiger partial charge in [0.05, 0.1) is 0 Å². The maximum atomic E-state index is 13.3. The standard InChI is InChI=1S/C16H17FO/c1-10-4-6-13(8-12(10)3)16(18)15-9-14(17)7-5-11(15)2/h4-9,16,18H,1-3H3. The maximum Gasteiger partial charge on any atom is 0.123 e. The summed E-state index contributed by atoms with van der Waals surface area (Å²) in [5, 5.41) is 10.3. The SMILES string of the molecule is Cc1ccc(C(O)c2cc(F)ccc2C)cc1C. The molecule has 0 aliphatic heterocycles. The van der Waals surface area contributed by atoms with Crippen molar-refractivity contribution in [3.63, 3.8) is 0 Å². The van der Waals surface area contributed by atoms with Crippen molar-refractivity contribution in [1.82, 2.24) is 0 Å². The summed E-state index contributed by atoms with van der Waals surface area (Å²) in [6, 6.07) is 10.3. The van der Waals surface area contributed by atoms with E-state index in [0.29, 0.717) is 5.56 Å². The highest BCUT2D eigenvalue weighted by molar-refractivity contribution is 5.38. The van der Waals surface area contributed by atoms with Crippen molar-refractivity contribution >= 4 is 0 Å². The largest absolute Gasteiger partial charge is 0.384 e. The van der Waals surface area contributed by atoms with Crippen LogP contribution in [-0.4, -0.2) is 5.11 Å². The van der Waals surface area contributed by atoms with Crippen LogP contribution in [0.15, 0.2) is 36.4 Å². The first-order valence-corrected chi connectivity index (χ1v) is 6.00. The van der Waals surface area contributed by atoms with Gasteiger partial charge in [-0.25, -0.2) is 4.39 Å². The molecule has 1 atom stereocenters. The Labute approximate surface area is 107 Å². The van der Waals surface area contributed by atoms with Gasteiger partial charge in [-0.05, 0) is 60.7 Å². The molecule has 2 aromatic carbocycles. The normalized spacial score (nSPS) is 12.5. The summed E-state index contributed by atoms with van der Waals surface area (Å²) in [5.74, 6) is -0.321. The van der Waals surface area contributed by atoms with Crippen LogP contribution in [0.3, 0.4) is 0 Å².